The molecule has 206 valence electrons. The van der Waals surface area contributed by atoms with Crippen molar-refractivity contribution >= 4 is 17.5 Å². The molecule has 0 spiro atoms. The highest BCUT2D eigenvalue weighted by atomic mass is 16.5. The summed E-state index contributed by atoms with van der Waals surface area (Å²) in [4.78, 5) is 37.1. The number of benzene rings is 2. The van der Waals surface area contributed by atoms with Crippen LogP contribution in [0.5, 0.6) is 0 Å². The number of hydrogen-bond acceptors (Lipinski definition) is 4. The van der Waals surface area contributed by atoms with Crippen molar-refractivity contribution in [3.8, 4) is 11.8 Å². The Morgan fingerprint density at radius 3 is 2.05 bits per heavy atom. The van der Waals surface area contributed by atoms with Crippen LogP contribution in [0.3, 0.4) is 0 Å². The van der Waals surface area contributed by atoms with E-state index in [0.29, 0.717) is 23.8 Å². The molecule has 0 saturated heterocycles. The maximum Gasteiger partial charge on any atom is 0.253 e. The molecule has 2 fully saturated rings. The van der Waals surface area contributed by atoms with Crippen LogP contribution in [0.25, 0.3) is 0 Å². The third-order valence-corrected chi connectivity index (χ3v) is 8.68. The fourth-order valence-corrected chi connectivity index (χ4v) is 6.42. The van der Waals surface area contributed by atoms with Crippen LogP contribution in [-0.2, 0) is 16.0 Å². The number of hydrogen-bond donors (Lipinski definition) is 2. The van der Waals surface area contributed by atoms with E-state index in [9.17, 15) is 14.4 Å². The Morgan fingerprint density at radius 2 is 1.51 bits per heavy atom. The number of Topliss-reactive ketones (excluding diaryl/α,β-unsaturated/α-hetero) is 2. The maximum absolute atomic E-state index is 12.9. The van der Waals surface area contributed by atoms with Crippen LogP contribution in [-0.4, -0.2) is 22.7 Å². The van der Waals surface area contributed by atoms with Gasteiger partial charge in [0.05, 0.1) is 5.92 Å². The number of carbonyl (C=O) groups excluding carboxylic acids is 3. The number of hydroxylamine groups is 1. The molecule has 4 unspecified atom stereocenters. The molecular weight excluding hydrogens is 486 g/mol. The van der Waals surface area contributed by atoms with Crippen LogP contribution < -0.4 is 5.48 Å². The highest BCUT2D eigenvalue weighted by Crippen LogP contribution is 2.64. The molecule has 0 bridgehead atoms. The van der Waals surface area contributed by atoms with Crippen LogP contribution >= 0.6 is 0 Å². The second-order valence-corrected chi connectivity index (χ2v) is 12.4. The lowest BCUT2D eigenvalue weighted by Crippen LogP contribution is -2.34. The van der Waals surface area contributed by atoms with Crippen LogP contribution in [0, 0.1) is 46.8 Å². The van der Waals surface area contributed by atoms with E-state index >= 15 is 0 Å². The van der Waals surface area contributed by atoms with Gasteiger partial charge in [0, 0.05) is 29.0 Å². The molecule has 5 nitrogen and oxygen atoms in total. The number of fused-ring (bicyclic) bond motifs is 1. The molecule has 5 heteroatoms. The Morgan fingerprint density at radius 1 is 0.949 bits per heavy atom. The van der Waals surface area contributed by atoms with Crippen molar-refractivity contribution in [3.05, 3.63) is 70.8 Å². The number of carbonyl (C=O) groups is 3. The Balaban J connectivity index is 1.28. The van der Waals surface area contributed by atoms with E-state index in [2.05, 4.69) is 50.0 Å². The average molecular weight is 528 g/mol. The van der Waals surface area contributed by atoms with E-state index in [4.69, 9.17) is 5.21 Å². The monoisotopic (exact) mass is 527 g/mol. The van der Waals surface area contributed by atoms with E-state index in [1.54, 1.807) is 24.5 Å². The third kappa shape index (κ3) is 7.25. The van der Waals surface area contributed by atoms with Crippen LogP contribution in [0.4, 0.5) is 0 Å². The van der Waals surface area contributed by atoms with Gasteiger partial charge in [0.2, 0.25) is 0 Å². The molecule has 0 aromatic heterocycles. The standard InChI is InChI=1S/C34H41NO4/c1-5-6-31(36)27(33(38)35-39)18-7-22(2)32(37)26-16-14-24(15-17-26)9-8-23-10-12-25(13-11-23)19-28-29-20-34(3,4)21-30(28)29/h10-17,22,27-30,39H,5-7,18-21H2,1-4H3,(H,35,38). The van der Waals surface area contributed by atoms with Gasteiger partial charge >= 0.3 is 0 Å². The van der Waals surface area contributed by atoms with Gasteiger partial charge in [-0.25, -0.2) is 5.48 Å². The summed E-state index contributed by atoms with van der Waals surface area (Å²) in [6.07, 6.45) is 5.43. The molecule has 2 aliphatic carbocycles. The van der Waals surface area contributed by atoms with Crippen LogP contribution in [0.15, 0.2) is 48.5 Å². The molecule has 4 atom stereocenters. The molecular formula is C34H41NO4. The highest BCUT2D eigenvalue weighted by Gasteiger charge is 2.57. The Hall–Kier alpha value is -3.23. The summed E-state index contributed by atoms with van der Waals surface area (Å²) in [5.74, 6) is 6.88. The summed E-state index contributed by atoms with van der Waals surface area (Å²) in [7, 11) is 0. The van der Waals surface area contributed by atoms with Crippen molar-refractivity contribution < 1.29 is 19.6 Å². The van der Waals surface area contributed by atoms with Gasteiger partial charge < -0.3 is 0 Å². The summed E-state index contributed by atoms with van der Waals surface area (Å²) in [5, 5.41) is 8.98. The topological polar surface area (TPSA) is 83.5 Å². The molecule has 39 heavy (non-hydrogen) atoms. The molecule has 2 aromatic carbocycles. The zero-order valence-electron chi connectivity index (χ0n) is 23.6. The summed E-state index contributed by atoms with van der Waals surface area (Å²) < 4.78 is 0. The Labute approximate surface area is 232 Å². The number of ketones is 2. The maximum atomic E-state index is 12.9. The van der Waals surface area contributed by atoms with Gasteiger partial charge in [-0.1, -0.05) is 63.8 Å². The quantitative estimate of drug-likeness (QED) is 0.116. The molecule has 0 heterocycles. The largest absolute Gasteiger partial charge is 0.299 e. The van der Waals surface area contributed by atoms with E-state index in [1.165, 1.54) is 24.8 Å². The van der Waals surface area contributed by atoms with E-state index in [-0.39, 0.29) is 30.3 Å². The number of rotatable bonds is 11. The first-order chi connectivity index (χ1) is 18.6. The third-order valence-electron chi connectivity index (χ3n) is 8.68. The number of nitrogens with one attached hydrogen (secondary N) is 1. The fraction of sp³-hybridized carbons (Fsp3) is 0.500. The summed E-state index contributed by atoms with van der Waals surface area (Å²) >= 11 is 0. The highest BCUT2D eigenvalue weighted by molar-refractivity contribution is 6.01. The van der Waals surface area contributed by atoms with Crippen molar-refractivity contribution in [3.63, 3.8) is 0 Å². The van der Waals surface area contributed by atoms with Crippen molar-refractivity contribution in [2.45, 2.75) is 72.6 Å². The van der Waals surface area contributed by atoms with Gasteiger partial charge in [-0.3, -0.25) is 19.6 Å². The first-order valence-corrected chi connectivity index (χ1v) is 14.3. The zero-order valence-corrected chi connectivity index (χ0v) is 23.6. The van der Waals surface area contributed by atoms with Crippen LogP contribution in [0.1, 0.15) is 93.3 Å². The van der Waals surface area contributed by atoms with Crippen molar-refractivity contribution in [1.29, 1.82) is 0 Å². The van der Waals surface area contributed by atoms with Gasteiger partial charge in [-0.05, 0) is 91.5 Å². The fourth-order valence-electron chi connectivity index (χ4n) is 6.42. The molecule has 0 aliphatic heterocycles. The summed E-state index contributed by atoms with van der Waals surface area (Å²) in [5.41, 5.74) is 5.90. The van der Waals surface area contributed by atoms with Gasteiger partial charge in [-0.2, -0.15) is 0 Å². The molecule has 2 N–H and O–H groups in total. The molecule has 2 aromatic rings. The predicted molar refractivity (Wildman–Crippen MR) is 152 cm³/mol. The smallest absolute Gasteiger partial charge is 0.253 e. The van der Waals surface area contributed by atoms with Crippen molar-refractivity contribution in [2.24, 2.45) is 35.0 Å². The lowest BCUT2D eigenvalue weighted by Gasteiger charge is -2.20. The minimum absolute atomic E-state index is 0.0421. The first-order valence-electron chi connectivity index (χ1n) is 14.3. The lowest BCUT2D eigenvalue weighted by molar-refractivity contribution is -0.140. The van der Waals surface area contributed by atoms with Crippen molar-refractivity contribution in [1.82, 2.24) is 5.48 Å². The summed E-state index contributed by atoms with van der Waals surface area (Å²) in [6, 6.07) is 15.9. The minimum atomic E-state index is -0.933. The SMILES string of the molecule is CCCC(=O)C(CCC(C)C(=O)c1ccc(C#Cc2ccc(CC3C4CC(C)(C)CC34)cc2)cc1)C(=O)NO. The second-order valence-electron chi connectivity index (χ2n) is 12.4. The molecule has 2 aliphatic rings. The molecule has 2 saturated carbocycles. The predicted octanol–water partition coefficient (Wildman–Crippen LogP) is 6.40. The van der Waals surface area contributed by atoms with Gasteiger partial charge in [0.15, 0.2) is 5.78 Å². The first kappa shape index (κ1) is 28.8. The van der Waals surface area contributed by atoms with Crippen molar-refractivity contribution in [2.75, 3.05) is 0 Å². The average Bonchev–Trinajstić information content (AvgIpc) is 3.39. The number of amides is 1. The van der Waals surface area contributed by atoms with E-state index in [1.807, 2.05) is 19.1 Å². The van der Waals surface area contributed by atoms with Gasteiger partial charge in [0.25, 0.3) is 5.91 Å². The van der Waals surface area contributed by atoms with E-state index in [0.717, 1.165) is 28.9 Å². The lowest BCUT2D eigenvalue weighted by atomic mass is 9.85. The summed E-state index contributed by atoms with van der Waals surface area (Å²) in [6.45, 7) is 8.46. The minimum Gasteiger partial charge on any atom is -0.299 e. The van der Waals surface area contributed by atoms with E-state index < -0.39 is 11.8 Å². The molecule has 1 amide bonds. The second kappa shape index (κ2) is 12.3. The molecule has 0 radical (unpaired) electrons. The Kier molecular flexibility index (Phi) is 9.08. The van der Waals surface area contributed by atoms with Gasteiger partial charge in [-0.15, -0.1) is 0 Å². The zero-order chi connectivity index (χ0) is 28.2. The Bertz CT molecular complexity index is 1230. The van der Waals surface area contributed by atoms with Gasteiger partial charge in [0.1, 0.15) is 5.78 Å². The van der Waals surface area contributed by atoms with Crippen LogP contribution in [0.2, 0.25) is 0 Å². The normalized spacial score (nSPS) is 22.1. The molecule has 4 rings (SSSR count).